The van der Waals surface area contributed by atoms with Gasteiger partial charge in [-0.1, -0.05) is 45.9 Å². The lowest BCUT2D eigenvalue weighted by molar-refractivity contribution is 0.457. The van der Waals surface area contributed by atoms with Crippen LogP contribution in [0.4, 0.5) is 0 Å². The van der Waals surface area contributed by atoms with Crippen molar-refractivity contribution < 1.29 is 0 Å². The Morgan fingerprint density at radius 3 is 2.47 bits per heavy atom. The van der Waals surface area contributed by atoms with Gasteiger partial charge in [0.2, 0.25) is 0 Å². The molecule has 3 rings (SSSR count). The van der Waals surface area contributed by atoms with Crippen molar-refractivity contribution in [2.24, 2.45) is 16.7 Å². The molecule has 0 atom stereocenters. The van der Waals surface area contributed by atoms with Gasteiger partial charge in [0.05, 0.1) is 0 Å². The van der Waals surface area contributed by atoms with Crippen LogP contribution in [0.3, 0.4) is 0 Å². The van der Waals surface area contributed by atoms with E-state index < -0.39 is 0 Å². The zero-order valence-corrected chi connectivity index (χ0v) is 12.6. The first-order valence-corrected chi connectivity index (χ1v) is 7.45. The molecule has 0 radical (unpaired) electrons. The van der Waals surface area contributed by atoms with Crippen molar-refractivity contribution >= 4 is 0 Å². The van der Waals surface area contributed by atoms with E-state index in [9.17, 15) is 0 Å². The fraction of sp³-hybridized carbons (Fsp3) is 0.647. The molecule has 1 saturated carbocycles. The maximum Gasteiger partial charge on any atom is 0.0212 e. The van der Waals surface area contributed by atoms with Gasteiger partial charge in [-0.05, 0) is 40.0 Å². The van der Waals surface area contributed by atoms with E-state index in [1.807, 2.05) is 0 Å². The van der Waals surface area contributed by atoms with Crippen molar-refractivity contribution in [3.8, 4) is 0 Å². The summed E-state index contributed by atoms with van der Waals surface area (Å²) in [5.41, 5.74) is 5.34. The Morgan fingerprint density at radius 2 is 1.79 bits per heavy atom. The second-order valence-electron chi connectivity index (χ2n) is 7.33. The Labute approximate surface area is 117 Å². The molecule has 2 aliphatic rings. The van der Waals surface area contributed by atoms with Gasteiger partial charge in [-0.2, -0.15) is 0 Å². The van der Waals surface area contributed by atoms with Gasteiger partial charge < -0.3 is 10.6 Å². The van der Waals surface area contributed by atoms with Gasteiger partial charge in [-0.15, -0.1) is 0 Å². The lowest BCUT2D eigenvalue weighted by Gasteiger charge is -2.08. The summed E-state index contributed by atoms with van der Waals surface area (Å²) < 4.78 is 0. The van der Waals surface area contributed by atoms with Gasteiger partial charge >= 0.3 is 0 Å². The summed E-state index contributed by atoms with van der Waals surface area (Å²) >= 11 is 0. The molecule has 2 nitrogen and oxygen atoms in total. The molecule has 2 N–H and O–H groups in total. The Kier molecular flexibility index (Phi) is 2.99. The zero-order valence-electron chi connectivity index (χ0n) is 12.6. The Hall–Kier alpha value is -0.860. The van der Waals surface area contributed by atoms with Crippen LogP contribution in [0, 0.1) is 16.7 Å². The highest BCUT2D eigenvalue weighted by molar-refractivity contribution is 5.34. The molecular weight excluding hydrogens is 232 g/mol. The molecule has 0 bridgehead atoms. The number of nitrogens with one attached hydrogen (secondary N) is 2. The standard InChI is InChI=1S/C17H26N2/c1-16(2)15(17(16,3)4)11-18-8-12-5-6-13-9-19-10-14(13)7-12/h5-7,15,18-19H,8-11H2,1-4H3. The third-order valence-electron chi connectivity index (χ3n) is 5.90. The first kappa shape index (κ1) is 13.1. The minimum Gasteiger partial charge on any atom is -0.312 e. The number of benzene rings is 1. The van der Waals surface area contributed by atoms with Gasteiger partial charge in [0.15, 0.2) is 0 Å². The molecule has 19 heavy (non-hydrogen) atoms. The van der Waals surface area contributed by atoms with E-state index >= 15 is 0 Å². The SMILES string of the molecule is CC1(C)C(CNCc2ccc3c(c2)CNC3)C1(C)C. The summed E-state index contributed by atoms with van der Waals surface area (Å²) in [4.78, 5) is 0. The van der Waals surface area contributed by atoms with Crippen LogP contribution in [-0.4, -0.2) is 6.54 Å². The molecule has 1 aromatic carbocycles. The van der Waals surface area contributed by atoms with Crippen molar-refractivity contribution in [1.29, 1.82) is 0 Å². The fourth-order valence-electron chi connectivity index (χ4n) is 3.66. The molecule has 1 aliphatic carbocycles. The number of hydrogen-bond donors (Lipinski definition) is 2. The molecule has 104 valence electrons. The monoisotopic (exact) mass is 258 g/mol. The van der Waals surface area contributed by atoms with Crippen LogP contribution < -0.4 is 10.6 Å². The highest BCUT2D eigenvalue weighted by Gasteiger charge is 2.63. The summed E-state index contributed by atoms with van der Waals surface area (Å²) in [6, 6.07) is 6.89. The minimum atomic E-state index is 0.488. The maximum absolute atomic E-state index is 3.65. The van der Waals surface area contributed by atoms with E-state index in [2.05, 4.69) is 56.5 Å². The lowest BCUT2D eigenvalue weighted by atomic mass is 10.0. The molecular formula is C17H26N2. The third-order valence-corrected chi connectivity index (χ3v) is 5.90. The van der Waals surface area contributed by atoms with Gasteiger partial charge in [0.25, 0.3) is 0 Å². The van der Waals surface area contributed by atoms with Crippen LogP contribution in [0.1, 0.15) is 44.4 Å². The largest absolute Gasteiger partial charge is 0.312 e. The van der Waals surface area contributed by atoms with E-state index in [1.165, 1.54) is 16.7 Å². The Bertz CT molecular complexity index is 474. The van der Waals surface area contributed by atoms with E-state index in [1.54, 1.807) is 0 Å². The molecule has 0 unspecified atom stereocenters. The van der Waals surface area contributed by atoms with Gasteiger partial charge in [0.1, 0.15) is 0 Å². The highest BCUT2D eigenvalue weighted by Crippen LogP contribution is 2.67. The van der Waals surface area contributed by atoms with Crippen LogP contribution in [-0.2, 0) is 19.6 Å². The summed E-state index contributed by atoms with van der Waals surface area (Å²) in [7, 11) is 0. The average molecular weight is 258 g/mol. The quantitative estimate of drug-likeness (QED) is 0.867. The number of rotatable bonds is 4. The normalized spacial score (nSPS) is 23.4. The number of hydrogen-bond acceptors (Lipinski definition) is 2. The molecule has 0 aromatic heterocycles. The summed E-state index contributed by atoms with van der Waals surface area (Å²) in [5.74, 6) is 0.802. The Balaban J connectivity index is 1.54. The van der Waals surface area contributed by atoms with E-state index in [-0.39, 0.29) is 0 Å². The van der Waals surface area contributed by atoms with E-state index in [0.29, 0.717) is 10.8 Å². The molecule has 1 aromatic rings. The maximum atomic E-state index is 3.65. The van der Waals surface area contributed by atoms with Crippen molar-refractivity contribution in [1.82, 2.24) is 10.6 Å². The second kappa shape index (κ2) is 4.32. The molecule has 1 heterocycles. The van der Waals surface area contributed by atoms with Crippen molar-refractivity contribution in [3.63, 3.8) is 0 Å². The fourth-order valence-corrected chi connectivity index (χ4v) is 3.66. The average Bonchev–Trinajstić information content (AvgIpc) is 2.74. The van der Waals surface area contributed by atoms with Crippen molar-refractivity contribution in [2.75, 3.05) is 6.54 Å². The van der Waals surface area contributed by atoms with Crippen molar-refractivity contribution in [3.05, 3.63) is 34.9 Å². The third kappa shape index (κ3) is 2.11. The topological polar surface area (TPSA) is 24.1 Å². The predicted octanol–water partition coefficient (Wildman–Crippen LogP) is 3.06. The summed E-state index contributed by atoms with van der Waals surface area (Å²) in [6.45, 7) is 13.8. The summed E-state index contributed by atoms with van der Waals surface area (Å²) in [6.07, 6.45) is 0. The minimum absolute atomic E-state index is 0.488. The van der Waals surface area contributed by atoms with Gasteiger partial charge in [-0.25, -0.2) is 0 Å². The first-order valence-electron chi connectivity index (χ1n) is 7.45. The van der Waals surface area contributed by atoms with E-state index in [0.717, 1.165) is 32.1 Å². The zero-order chi connectivity index (χ0) is 13.7. The molecule has 0 amide bonds. The molecule has 1 fully saturated rings. The van der Waals surface area contributed by atoms with Crippen LogP contribution in [0.2, 0.25) is 0 Å². The van der Waals surface area contributed by atoms with Crippen LogP contribution in [0.15, 0.2) is 18.2 Å². The number of fused-ring (bicyclic) bond motifs is 1. The second-order valence-corrected chi connectivity index (χ2v) is 7.33. The first-order chi connectivity index (χ1) is 8.93. The lowest BCUT2D eigenvalue weighted by Crippen LogP contribution is -2.19. The van der Waals surface area contributed by atoms with Gasteiger partial charge in [-0.3, -0.25) is 0 Å². The van der Waals surface area contributed by atoms with Crippen molar-refractivity contribution in [2.45, 2.75) is 47.3 Å². The van der Waals surface area contributed by atoms with Crippen LogP contribution >= 0.6 is 0 Å². The summed E-state index contributed by atoms with van der Waals surface area (Å²) in [5, 5.41) is 7.05. The predicted molar refractivity (Wildman–Crippen MR) is 79.7 cm³/mol. The van der Waals surface area contributed by atoms with Crippen LogP contribution in [0.25, 0.3) is 0 Å². The molecule has 0 spiro atoms. The van der Waals surface area contributed by atoms with Gasteiger partial charge in [0, 0.05) is 19.6 Å². The molecule has 1 aliphatic heterocycles. The van der Waals surface area contributed by atoms with Crippen LogP contribution in [0.5, 0.6) is 0 Å². The molecule has 0 saturated heterocycles. The van der Waals surface area contributed by atoms with E-state index in [4.69, 9.17) is 0 Å². The highest BCUT2D eigenvalue weighted by atomic mass is 14.9. The smallest absolute Gasteiger partial charge is 0.0212 e. The molecule has 2 heteroatoms. The Morgan fingerprint density at radius 1 is 1.11 bits per heavy atom.